The van der Waals surface area contributed by atoms with Crippen LogP contribution in [0.3, 0.4) is 0 Å². The zero-order valence-electron chi connectivity index (χ0n) is 8.57. The largest absolute Gasteiger partial charge is 0.493 e. The van der Waals surface area contributed by atoms with Gasteiger partial charge < -0.3 is 4.74 Å². The Hall–Kier alpha value is -1.41. The van der Waals surface area contributed by atoms with Gasteiger partial charge in [-0.2, -0.15) is 0 Å². The van der Waals surface area contributed by atoms with E-state index in [4.69, 9.17) is 17.0 Å². The SMILES string of the molecule is CCOc1ccc2ccccc2c1C=S. The first kappa shape index (κ1) is 10.1. The summed E-state index contributed by atoms with van der Waals surface area (Å²) < 4.78 is 5.54. The van der Waals surface area contributed by atoms with E-state index in [0.29, 0.717) is 6.61 Å². The van der Waals surface area contributed by atoms with Crippen LogP contribution in [0.4, 0.5) is 0 Å². The average Bonchev–Trinajstić information content (AvgIpc) is 2.29. The normalized spacial score (nSPS) is 10.2. The maximum Gasteiger partial charge on any atom is 0.127 e. The highest BCUT2D eigenvalue weighted by molar-refractivity contribution is 7.79. The molecule has 0 fully saturated rings. The molecule has 0 heterocycles. The predicted molar refractivity (Wildman–Crippen MR) is 67.9 cm³/mol. The smallest absolute Gasteiger partial charge is 0.127 e. The number of thiocarbonyl (C=S) groups is 1. The second-order valence-electron chi connectivity index (χ2n) is 3.25. The van der Waals surface area contributed by atoms with Gasteiger partial charge in [0.05, 0.1) is 6.61 Å². The van der Waals surface area contributed by atoms with Crippen LogP contribution >= 0.6 is 12.2 Å². The fraction of sp³-hybridized carbons (Fsp3) is 0.154. The summed E-state index contributed by atoms with van der Waals surface area (Å²) in [5, 5.41) is 4.03. The number of ether oxygens (including phenoxy) is 1. The molecule has 0 saturated heterocycles. The van der Waals surface area contributed by atoms with Gasteiger partial charge >= 0.3 is 0 Å². The van der Waals surface area contributed by atoms with E-state index in [9.17, 15) is 0 Å². The molecule has 2 heteroatoms. The highest BCUT2D eigenvalue weighted by Crippen LogP contribution is 2.26. The molecule has 2 rings (SSSR count). The molecule has 0 aromatic heterocycles. The maximum absolute atomic E-state index is 5.54. The van der Waals surface area contributed by atoms with Crippen molar-refractivity contribution >= 4 is 28.4 Å². The summed E-state index contributed by atoms with van der Waals surface area (Å²) in [7, 11) is 0. The number of hydrogen-bond acceptors (Lipinski definition) is 2. The van der Waals surface area contributed by atoms with E-state index in [1.165, 1.54) is 5.39 Å². The predicted octanol–water partition coefficient (Wildman–Crippen LogP) is 3.59. The Balaban J connectivity index is 2.69. The molecule has 0 unspecified atom stereocenters. The molecule has 15 heavy (non-hydrogen) atoms. The van der Waals surface area contributed by atoms with Gasteiger partial charge in [-0.15, -0.1) is 0 Å². The first-order valence-corrected chi connectivity index (χ1v) is 5.43. The molecule has 0 spiro atoms. The standard InChI is InChI=1S/C13H12OS/c1-2-14-13-8-7-10-5-3-4-6-11(10)12(13)9-15/h3-9H,2H2,1H3. The van der Waals surface area contributed by atoms with E-state index < -0.39 is 0 Å². The fourth-order valence-electron chi connectivity index (χ4n) is 1.68. The molecule has 0 bridgehead atoms. The highest BCUT2D eigenvalue weighted by atomic mass is 32.1. The molecule has 0 atom stereocenters. The molecular weight excluding hydrogens is 204 g/mol. The van der Waals surface area contributed by atoms with Crippen LogP contribution in [0.15, 0.2) is 36.4 Å². The zero-order valence-corrected chi connectivity index (χ0v) is 9.38. The molecule has 0 aliphatic rings. The lowest BCUT2D eigenvalue weighted by Gasteiger charge is -2.09. The monoisotopic (exact) mass is 216 g/mol. The molecule has 0 amide bonds. The van der Waals surface area contributed by atoms with Crippen molar-refractivity contribution in [2.24, 2.45) is 0 Å². The van der Waals surface area contributed by atoms with Crippen LogP contribution < -0.4 is 4.74 Å². The van der Waals surface area contributed by atoms with E-state index in [2.05, 4.69) is 18.2 Å². The fourth-order valence-corrected chi connectivity index (χ4v) is 1.92. The Kier molecular flexibility index (Phi) is 2.97. The second kappa shape index (κ2) is 4.41. The summed E-state index contributed by atoms with van der Waals surface area (Å²) in [4.78, 5) is 0. The number of fused-ring (bicyclic) bond motifs is 1. The Morgan fingerprint density at radius 3 is 2.73 bits per heavy atom. The molecule has 2 aromatic carbocycles. The van der Waals surface area contributed by atoms with Gasteiger partial charge in [-0.3, -0.25) is 0 Å². The summed E-state index contributed by atoms with van der Waals surface area (Å²) in [5.74, 6) is 0.867. The van der Waals surface area contributed by atoms with Crippen LogP contribution in [-0.2, 0) is 0 Å². The summed E-state index contributed by atoms with van der Waals surface area (Å²) >= 11 is 5.04. The van der Waals surface area contributed by atoms with Crippen molar-refractivity contribution in [2.45, 2.75) is 6.92 Å². The third-order valence-electron chi connectivity index (χ3n) is 2.35. The topological polar surface area (TPSA) is 9.23 Å². The van der Waals surface area contributed by atoms with Crippen molar-refractivity contribution in [3.05, 3.63) is 42.0 Å². The van der Waals surface area contributed by atoms with Crippen LogP contribution in [0.25, 0.3) is 10.8 Å². The molecular formula is C13H12OS. The Labute approximate surface area is 94.7 Å². The third-order valence-corrected chi connectivity index (χ3v) is 2.58. The summed E-state index contributed by atoms with van der Waals surface area (Å²) in [6.45, 7) is 2.64. The maximum atomic E-state index is 5.54. The van der Waals surface area contributed by atoms with Crippen LogP contribution in [0.2, 0.25) is 0 Å². The van der Waals surface area contributed by atoms with Gasteiger partial charge in [0.2, 0.25) is 0 Å². The Morgan fingerprint density at radius 1 is 1.20 bits per heavy atom. The minimum Gasteiger partial charge on any atom is -0.493 e. The summed E-state index contributed by atoms with van der Waals surface area (Å²) in [6.07, 6.45) is 0. The van der Waals surface area contributed by atoms with Crippen molar-refractivity contribution < 1.29 is 4.74 Å². The van der Waals surface area contributed by atoms with Gasteiger partial charge in [0, 0.05) is 10.9 Å². The van der Waals surface area contributed by atoms with Gasteiger partial charge in [-0.05, 0) is 23.8 Å². The van der Waals surface area contributed by atoms with Crippen LogP contribution in [0.5, 0.6) is 5.75 Å². The molecule has 0 N–H and O–H groups in total. The van der Waals surface area contributed by atoms with E-state index in [-0.39, 0.29) is 0 Å². The molecule has 0 saturated carbocycles. The van der Waals surface area contributed by atoms with Crippen LogP contribution in [0.1, 0.15) is 12.5 Å². The van der Waals surface area contributed by atoms with Crippen molar-refractivity contribution in [2.75, 3.05) is 6.61 Å². The van der Waals surface area contributed by atoms with Crippen molar-refractivity contribution in [1.82, 2.24) is 0 Å². The van der Waals surface area contributed by atoms with Crippen molar-refractivity contribution in [1.29, 1.82) is 0 Å². The first-order valence-electron chi connectivity index (χ1n) is 4.96. The number of benzene rings is 2. The average molecular weight is 216 g/mol. The second-order valence-corrected chi connectivity index (χ2v) is 3.49. The van der Waals surface area contributed by atoms with Crippen molar-refractivity contribution in [3.63, 3.8) is 0 Å². The molecule has 0 radical (unpaired) electrons. The van der Waals surface area contributed by atoms with E-state index in [1.54, 1.807) is 5.37 Å². The van der Waals surface area contributed by atoms with E-state index in [1.807, 2.05) is 25.1 Å². The summed E-state index contributed by atoms with van der Waals surface area (Å²) in [5.41, 5.74) is 1.00. The molecule has 0 aliphatic carbocycles. The summed E-state index contributed by atoms with van der Waals surface area (Å²) in [6, 6.07) is 12.2. The lowest BCUT2D eigenvalue weighted by Crippen LogP contribution is -1.96. The van der Waals surface area contributed by atoms with Crippen molar-refractivity contribution in [3.8, 4) is 5.75 Å². The molecule has 1 nitrogen and oxygen atoms in total. The molecule has 2 aromatic rings. The minimum atomic E-state index is 0.661. The Morgan fingerprint density at radius 2 is 2.00 bits per heavy atom. The Bertz CT molecular complexity index is 491. The van der Waals surface area contributed by atoms with Crippen LogP contribution in [0, 0.1) is 0 Å². The van der Waals surface area contributed by atoms with E-state index in [0.717, 1.165) is 16.7 Å². The minimum absolute atomic E-state index is 0.661. The molecule has 0 aliphatic heterocycles. The number of hydrogen-bond donors (Lipinski definition) is 0. The van der Waals surface area contributed by atoms with Gasteiger partial charge in [-0.25, -0.2) is 0 Å². The highest BCUT2D eigenvalue weighted by Gasteiger charge is 2.04. The van der Waals surface area contributed by atoms with Crippen LogP contribution in [-0.4, -0.2) is 12.0 Å². The van der Waals surface area contributed by atoms with Gasteiger partial charge in [0.25, 0.3) is 0 Å². The zero-order chi connectivity index (χ0) is 10.7. The van der Waals surface area contributed by atoms with E-state index >= 15 is 0 Å². The molecule has 76 valence electrons. The first-order chi connectivity index (χ1) is 7.36. The lowest BCUT2D eigenvalue weighted by molar-refractivity contribution is 0.340. The van der Waals surface area contributed by atoms with Gasteiger partial charge in [0.1, 0.15) is 5.75 Å². The van der Waals surface area contributed by atoms with Gasteiger partial charge in [0.15, 0.2) is 0 Å². The lowest BCUT2D eigenvalue weighted by atomic mass is 10.0. The van der Waals surface area contributed by atoms with Gasteiger partial charge in [-0.1, -0.05) is 42.5 Å². The third kappa shape index (κ3) is 1.85. The quantitative estimate of drug-likeness (QED) is 0.725. The number of rotatable bonds is 3.